The Balaban J connectivity index is 1.69. The molecule has 1 amide bonds. The highest BCUT2D eigenvalue weighted by Crippen LogP contribution is 2.18. The van der Waals surface area contributed by atoms with E-state index in [2.05, 4.69) is 22.1 Å². The van der Waals surface area contributed by atoms with E-state index < -0.39 is 0 Å². The van der Waals surface area contributed by atoms with Crippen LogP contribution in [0.2, 0.25) is 0 Å². The summed E-state index contributed by atoms with van der Waals surface area (Å²) in [5, 5.41) is 4.16. The number of nitrogens with one attached hydrogen (secondary N) is 2. The second-order valence-corrected chi connectivity index (χ2v) is 5.38. The number of H-pyrrole nitrogens is 1. The second-order valence-electron chi connectivity index (χ2n) is 5.38. The van der Waals surface area contributed by atoms with Gasteiger partial charge in [-0.25, -0.2) is 0 Å². The zero-order valence-electron chi connectivity index (χ0n) is 11.9. The van der Waals surface area contributed by atoms with Gasteiger partial charge in [0.05, 0.1) is 11.1 Å². The van der Waals surface area contributed by atoms with E-state index in [9.17, 15) is 4.79 Å². The maximum absolute atomic E-state index is 12.4. The molecule has 0 spiro atoms. The fraction of sp³-hybridized carbons (Fsp3) is 0.438. The molecule has 0 radical (unpaired) electrons. The van der Waals surface area contributed by atoms with Gasteiger partial charge in [0.1, 0.15) is 0 Å². The third kappa shape index (κ3) is 2.43. The van der Waals surface area contributed by atoms with Crippen molar-refractivity contribution < 1.29 is 4.79 Å². The average molecular weight is 271 g/mol. The summed E-state index contributed by atoms with van der Waals surface area (Å²) < 4.78 is 0. The summed E-state index contributed by atoms with van der Waals surface area (Å²) in [5.74, 6) is 0.0148. The molecule has 4 nitrogen and oxygen atoms in total. The van der Waals surface area contributed by atoms with Crippen molar-refractivity contribution in [1.82, 2.24) is 15.2 Å². The topological polar surface area (TPSA) is 48.1 Å². The number of likely N-dealkylation sites (tertiary alicyclic amines) is 1. The number of nitrogens with zero attached hydrogens (tertiary/aromatic N) is 1. The Hall–Kier alpha value is -1.81. The number of benzene rings is 1. The molecule has 0 saturated carbocycles. The molecule has 106 valence electrons. The van der Waals surface area contributed by atoms with Crippen LogP contribution in [-0.2, 0) is 0 Å². The summed E-state index contributed by atoms with van der Waals surface area (Å²) in [4.78, 5) is 17.9. The summed E-state index contributed by atoms with van der Waals surface area (Å²) in [6.45, 7) is 5.14. The van der Waals surface area contributed by atoms with Crippen LogP contribution >= 0.6 is 0 Å². The van der Waals surface area contributed by atoms with Crippen molar-refractivity contribution in [2.24, 2.45) is 0 Å². The molecule has 0 bridgehead atoms. The van der Waals surface area contributed by atoms with Gasteiger partial charge in [-0.1, -0.05) is 19.1 Å². The Morgan fingerprint density at radius 1 is 1.45 bits per heavy atom. The third-order valence-electron chi connectivity index (χ3n) is 4.24. The first-order valence-electron chi connectivity index (χ1n) is 7.38. The molecule has 1 unspecified atom stereocenters. The highest BCUT2D eigenvalue weighted by molar-refractivity contribution is 6.05. The molecule has 2 N–H and O–H groups in total. The van der Waals surface area contributed by atoms with Gasteiger partial charge in [-0.2, -0.15) is 0 Å². The van der Waals surface area contributed by atoms with E-state index in [1.807, 2.05) is 30.5 Å². The lowest BCUT2D eigenvalue weighted by atomic mass is 10.1. The summed E-state index contributed by atoms with van der Waals surface area (Å²) in [5.41, 5.74) is 1.65. The first-order valence-corrected chi connectivity index (χ1v) is 7.38. The zero-order valence-corrected chi connectivity index (χ0v) is 11.9. The highest BCUT2D eigenvalue weighted by atomic mass is 16.1. The van der Waals surface area contributed by atoms with Crippen molar-refractivity contribution >= 4 is 16.8 Å². The lowest BCUT2D eigenvalue weighted by Crippen LogP contribution is -2.40. The van der Waals surface area contributed by atoms with E-state index in [1.165, 1.54) is 12.8 Å². The Labute approximate surface area is 119 Å². The zero-order chi connectivity index (χ0) is 13.9. The van der Waals surface area contributed by atoms with Gasteiger partial charge in [-0.15, -0.1) is 0 Å². The normalized spacial score (nSPS) is 19.6. The van der Waals surface area contributed by atoms with Crippen LogP contribution in [0.3, 0.4) is 0 Å². The van der Waals surface area contributed by atoms with Gasteiger partial charge in [0.15, 0.2) is 0 Å². The van der Waals surface area contributed by atoms with Crippen molar-refractivity contribution in [2.45, 2.75) is 25.8 Å². The molecule has 1 fully saturated rings. The van der Waals surface area contributed by atoms with Crippen molar-refractivity contribution in [3.63, 3.8) is 0 Å². The highest BCUT2D eigenvalue weighted by Gasteiger charge is 2.23. The largest absolute Gasteiger partial charge is 0.361 e. The lowest BCUT2D eigenvalue weighted by molar-refractivity contribution is 0.0943. The molecule has 3 rings (SSSR count). The minimum atomic E-state index is 0.0148. The molecular weight excluding hydrogens is 250 g/mol. The predicted molar refractivity (Wildman–Crippen MR) is 80.9 cm³/mol. The van der Waals surface area contributed by atoms with Crippen molar-refractivity contribution in [3.05, 3.63) is 36.0 Å². The van der Waals surface area contributed by atoms with E-state index in [0.717, 1.165) is 36.1 Å². The minimum Gasteiger partial charge on any atom is -0.361 e. The van der Waals surface area contributed by atoms with Crippen LogP contribution < -0.4 is 5.32 Å². The third-order valence-corrected chi connectivity index (χ3v) is 4.24. The van der Waals surface area contributed by atoms with E-state index in [0.29, 0.717) is 6.04 Å². The number of para-hydroxylation sites is 1. The first kappa shape index (κ1) is 13.2. The quantitative estimate of drug-likeness (QED) is 0.897. The second kappa shape index (κ2) is 5.67. The van der Waals surface area contributed by atoms with Crippen molar-refractivity contribution in [3.8, 4) is 0 Å². The van der Waals surface area contributed by atoms with Crippen LogP contribution in [0.15, 0.2) is 30.5 Å². The summed E-state index contributed by atoms with van der Waals surface area (Å²) in [6.07, 6.45) is 4.29. The molecular formula is C16H21N3O. The van der Waals surface area contributed by atoms with Gasteiger partial charge in [0.25, 0.3) is 5.91 Å². The summed E-state index contributed by atoms with van der Waals surface area (Å²) >= 11 is 0. The van der Waals surface area contributed by atoms with Gasteiger partial charge in [-0.3, -0.25) is 9.69 Å². The van der Waals surface area contributed by atoms with Crippen LogP contribution in [0.5, 0.6) is 0 Å². The molecule has 2 heterocycles. The number of carbonyl (C=O) groups excluding carboxylic acids is 1. The standard InChI is InChI=1S/C16H21N3O/c1-2-19-10-4-6-13(19)11-18-16(20)14-7-3-5-12-8-9-17-15(12)14/h3,5,7-9,13,17H,2,4,6,10-11H2,1H3,(H,18,20). The van der Waals surface area contributed by atoms with Gasteiger partial charge in [-0.05, 0) is 38.1 Å². The molecule has 2 aromatic rings. The number of hydrogen-bond acceptors (Lipinski definition) is 2. The maximum Gasteiger partial charge on any atom is 0.253 e. The van der Waals surface area contributed by atoms with Crippen LogP contribution in [0, 0.1) is 0 Å². The first-order chi connectivity index (χ1) is 9.79. The molecule has 1 aromatic carbocycles. The SMILES string of the molecule is CCN1CCCC1CNC(=O)c1cccc2cc[nH]c12. The van der Waals surface area contributed by atoms with Crippen LogP contribution in [-0.4, -0.2) is 41.5 Å². The molecule has 1 atom stereocenters. The Morgan fingerprint density at radius 2 is 2.35 bits per heavy atom. The molecule has 1 saturated heterocycles. The molecule has 1 aromatic heterocycles. The Kier molecular flexibility index (Phi) is 3.74. The summed E-state index contributed by atoms with van der Waals surface area (Å²) in [6, 6.07) is 8.30. The van der Waals surface area contributed by atoms with Crippen LogP contribution in [0.4, 0.5) is 0 Å². The number of likely N-dealkylation sites (N-methyl/N-ethyl adjacent to an activating group) is 1. The number of fused-ring (bicyclic) bond motifs is 1. The fourth-order valence-corrected chi connectivity index (χ4v) is 3.12. The molecule has 1 aliphatic rings. The molecule has 4 heteroatoms. The number of hydrogen-bond donors (Lipinski definition) is 2. The lowest BCUT2D eigenvalue weighted by Gasteiger charge is -2.22. The number of amides is 1. The van der Waals surface area contributed by atoms with Gasteiger partial charge in [0, 0.05) is 24.2 Å². The van der Waals surface area contributed by atoms with E-state index >= 15 is 0 Å². The monoisotopic (exact) mass is 271 g/mol. The van der Waals surface area contributed by atoms with Crippen molar-refractivity contribution in [1.29, 1.82) is 0 Å². The van der Waals surface area contributed by atoms with Gasteiger partial charge < -0.3 is 10.3 Å². The Morgan fingerprint density at radius 3 is 3.20 bits per heavy atom. The van der Waals surface area contributed by atoms with Crippen molar-refractivity contribution in [2.75, 3.05) is 19.6 Å². The predicted octanol–water partition coefficient (Wildman–Crippen LogP) is 2.38. The number of rotatable bonds is 4. The number of aromatic amines is 1. The Bertz CT molecular complexity index is 605. The fourth-order valence-electron chi connectivity index (χ4n) is 3.12. The molecule has 1 aliphatic heterocycles. The average Bonchev–Trinajstić information content (AvgIpc) is 3.12. The number of aromatic nitrogens is 1. The van der Waals surface area contributed by atoms with Crippen LogP contribution in [0.25, 0.3) is 10.9 Å². The van der Waals surface area contributed by atoms with E-state index in [-0.39, 0.29) is 5.91 Å². The van der Waals surface area contributed by atoms with Crippen LogP contribution in [0.1, 0.15) is 30.1 Å². The molecule has 0 aliphatic carbocycles. The van der Waals surface area contributed by atoms with E-state index in [1.54, 1.807) is 0 Å². The van der Waals surface area contributed by atoms with Gasteiger partial charge >= 0.3 is 0 Å². The minimum absolute atomic E-state index is 0.0148. The number of carbonyl (C=O) groups is 1. The summed E-state index contributed by atoms with van der Waals surface area (Å²) in [7, 11) is 0. The molecule has 20 heavy (non-hydrogen) atoms. The maximum atomic E-state index is 12.4. The van der Waals surface area contributed by atoms with E-state index in [4.69, 9.17) is 0 Å². The smallest absolute Gasteiger partial charge is 0.253 e. The van der Waals surface area contributed by atoms with Gasteiger partial charge in [0.2, 0.25) is 0 Å².